The number of aliphatic carboxylic acids is 1. The van der Waals surface area contributed by atoms with Crippen molar-refractivity contribution in [3.63, 3.8) is 0 Å². The number of carboxylic acids is 1. The number of hydrogen-bond donors (Lipinski definition) is 2. The monoisotopic (exact) mass is 328 g/mol. The third-order valence-electron chi connectivity index (χ3n) is 3.28. The van der Waals surface area contributed by atoms with Crippen LogP contribution in [0.5, 0.6) is 17.2 Å². The Bertz CT molecular complexity index is 749. The van der Waals surface area contributed by atoms with E-state index in [1.54, 1.807) is 36.4 Å². The molecule has 2 rings (SSSR count). The fourth-order valence-electron chi connectivity index (χ4n) is 2.25. The van der Waals surface area contributed by atoms with Crippen molar-refractivity contribution in [3.8, 4) is 17.2 Å². The molecular formula is C19H20O5. The predicted molar refractivity (Wildman–Crippen MR) is 92.4 cm³/mol. The molecule has 5 heteroatoms. The maximum absolute atomic E-state index is 11.7. The van der Waals surface area contributed by atoms with Gasteiger partial charge in [0.15, 0.2) is 11.5 Å². The second kappa shape index (κ2) is 8.06. The van der Waals surface area contributed by atoms with Crippen molar-refractivity contribution < 1.29 is 24.5 Å². The van der Waals surface area contributed by atoms with E-state index in [1.807, 2.05) is 13.8 Å². The summed E-state index contributed by atoms with van der Waals surface area (Å²) in [6.45, 7) is 4.59. The SMILES string of the molecule is CCOc1cccc(/C(=C/c2ccc(O)c(OCC)c2)C(=O)O)c1. The second-order valence-electron chi connectivity index (χ2n) is 4.98. The molecule has 126 valence electrons. The first kappa shape index (κ1) is 17.4. The summed E-state index contributed by atoms with van der Waals surface area (Å²) in [4.78, 5) is 11.7. The highest BCUT2D eigenvalue weighted by Crippen LogP contribution is 2.29. The molecule has 0 radical (unpaired) electrons. The Morgan fingerprint density at radius 2 is 1.83 bits per heavy atom. The lowest BCUT2D eigenvalue weighted by Gasteiger charge is -2.09. The van der Waals surface area contributed by atoms with E-state index < -0.39 is 5.97 Å². The molecule has 24 heavy (non-hydrogen) atoms. The third-order valence-corrected chi connectivity index (χ3v) is 3.28. The number of rotatable bonds is 7. The van der Waals surface area contributed by atoms with Crippen LogP contribution in [0, 0.1) is 0 Å². The van der Waals surface area contributed by atoms with E-state index in [0.29, 0.717) is 35.8 Å². The average Bonchev–Trinajstić information content (AvgIpc) is 2.56. The summed E-state index contributed by atoms with van der Waals surface area (Å²) in [5.74, 6) is -0.0965. The normalized spacial score (nSPS) is 11.2. The third kappa shape index (κ3) is 4.29. The molecule has 0 aliphatic rings. The maximum Gasteiger partial charge on any atom is 0.336 e. The molecule has 2 N–H and O–H groups in total. The van der Waals surface area contributed by atoms with Crippen LogP contribution in [0.25, 0.3) is 11.6 Å². The molecule has 0 fully saturated rings. The largest absolute Gasteiger partial charge is 0.504 e. The van der Waals surface area contributed by atoms with E-state index >= 15 is 0 Å². The van der Waals surface area contributed by atoms with Crippen LogP contribution in [-0.4, -0.2) is 29.4 Å². The van der Waals surface area contributed by atoms with Gasteiger partial charge in [0.05, 0.1) is 18.8 Å². The molecular weight excluding hydrogens is 308 g/mol. The van der Waals surface area contributed by atoms with Gasteiger partial charge in [0.2, 0.25) is 0 Å². The van der Waals surface area contributed by atoms with Crippen LogP contribution in [0.1, 0.15) is 25.0 Å². The molecule has 0 spiro atoms. The van der Waals surface area contributed by atoms with Crippen LogP contribution in [0.3, 0.4) is 0 Å². The first-order valence-corrected chi connectivity index (χ1v) is 7.69. The molecule has 0 bridgehead atoms. The van der Waals surface area contributed by atoms with Gasteiger partial charge in [-0.05, 0) is 55.3 Å². The molecule has 0 unspecified atom stereocenters. The number of phenolic OH excluding ortho intramolecular Hbond substituents is 1. The number of aromatic hydroxyl groups is 1. The molecule has 0 atom stereocenters. The number of carboxylic acid groups (broad SMARTS) is 1. The highest BCUT2D eigenvalue weighted by Gasteiger charge is 2.12. The molecule has 0 saturated heterocycles. The summed E-state index contributed by atoms with van der Waals surface area (Å²) in [5.41, 5.74) is 1.29. The first-order chi connectivity index (χ1) is 11.5. The number of benzene rings is 2. The molecule has 0 aliphatic carbocycles. The Balaban J connectivity index is 2.44. The van der Waals surface area contributed by atoms with E-state index in [4.69, 9.17) is 9.47 Å². The summed E-state index contributed by atoms with van der Waals surface area (Å²) >= 11 is 0. The van der Waals surface area contributed by atoms with Gasteiger partial charge in [0.25, 0.3) is 0 Å². The summed E-state index contributed by atoms with van der Waals surface area (Å²) in [6.07, 6.45) is 1.54. The van der Waals surface area contributed by atoms with E-state index in [1.165, 1.54) is 12.1 Å². The van der Waals surface area contributed by atoms with Gasteiger partial charge in [-0.2, -0.15) is 0 Å². The lowest BCUT2D eigenvalue weighted by atomic mass is 10.0. The van der Waals surface area contributed by atoms with Gasteiger partial charge in [-0.1, -0.05) is 18.2 Å². The van der Waals surface area contributed by atoms with Crippen LogP contribution in [0.15, 0.2) is 42.5 Å². The lowest BCUT2D eigenvalue weighted by molar-refractivity contribution is -0.130. The topological polar surface area (TPSA) is 76.0 Å². The molecule has 2 aromatic rings. The Labute approximate surface area is 140 Å². The maximum atomic E-state index is 11.7. The van der Waals surface area contributed by atoms with Crippen molar-refractivity contribution in [2.24, 2.45) is 0 Å². The second-order valence-corrected chi connectivity index (χ2v) is 4.98. The van der Waals surface area contributed by atoms with Crippen molar-refractivity contribution >= 4 is 17.6 Å². The van der Waals surface area contributed by atoms with Crippen molar-refractivity contribution in [2.45, 2.75) is 13.8 Å². The minimum atomic E-state index is -1.05. The highest BCUT2D eigenvalue weighted by atomic mass is 16.5. The van der Waals surface area contributed by atoms with Crippen LogP contribution < -0.4 is 9.47 Å². The fraction of sp³-hybridized carbons (Fsp3) is 0.211. The Kier molecular flexibility index (Phi) is 5.84. The van der Waals surface area contributed by atoms with Gasteiger partial charge < -0.3 is 19.7 Å². The summed E-state index contributed by atoms with van der Waals surface area (Å²) < 4.78 is 10.7. The van der Waals surface area contributed by atoms with E-state index in [9.17, 15) is 15.0 Å². The first-order valence-electron chi connectivity index (χ1n) is 7.69. The lowest BCUT2D eigenvalue weighted by Crippen LogP contribution is -2.01. The van der Waals surface area contributed by atoms with Crippen molar-refractivity contribution in [1.29, 1.82) is 0 Å². The van der Waals surface area contributed by atoms with E-state index in [-0.39, 0.29) is 11.3 Å². The van der Waals surface area contributed by atoms with Crippen molar-refractivity contribution in [3.05, 3.63) is 53.6 Å². The molecule has 0 heterocycles. The molecule has 2 aromatic carbocycles. The van der Waals surface area contributed by atoms with Crippen LogP contribution in [0.2, 0.25) is 0 Å². The zero-order chi connectivity index (χ0) is 17.5. The summed E-state index contributed by atoms with van der Waals surface area (Å²) in [5, 5.41) is 19.3. The fourth-order valence-corrected chi connectivity index (χ4v) is 2.25. The van der Waals surface area contributed by atoms with Crippen molar-refractivity contribution in [1.82, 2.24) is 0 Å². The standard InChI is InChI=1S/C19H20O5/c1-3-23-15-7-5-6-14(12-15)16(19(21)22)10-13-8-9-17(20)18(11-13)24-4-2/h5-12,20H,3-4H2,1-2H3,(H,21,22)/b16-10-. The molecule has 5 nitrogen and oxygen atoms in total. The van der Waals surface area contributed by atoms with Crippen molar-refractivity contribution in [2.75, 3.05) is 13.2 Å². The Morgan fingerprint density at radius 3 is 2.50 bits per heavy atom. The predicted octanol–water partition coefficient (Wildman–Crippen LogP) is 3.81. The van der Waals surface area contributed by atoms with Gasteiger partial charge in [0, 0.05) is 0 Å². The zero-order valence-electron chi connectivity index (χ0n) is 13.7. The van der Waals surface area contributed by atoms with E-state index in [0.717, 1.165) is 0 Å². The Hall–Kier alpha value is -2.95. The Morgan fingerprint density at radius 1 is 1.08 bits per heavy atom. The zero-order valence-corrected chi connectivity index (χ0v) is 13.7. The van der Waals surface area contributed by atoms with Gasteiger partial charge in [-0.3, -0.25) is 0 Å². The molecule has 0 amide bonds. The minimum Gasteiger partial charge on any atom is -0.504 e. The van der Waals surface area contributed by atoms with Gasteiger partial charge in [0.1, 0.15) is 5.75 Å². The number of carbonyl (C=O) groups is 1. The van der Waals surface area contributed by atoms with Crippen LogP contribution in [-0.2, 0) is 4.79 Å². The summed E-state index contributed by atoms with van der Waals surface area (Å²) in [6, 6.07) is 11.6. The minimum absolute atomic E-state index is 0.0178. The highest BCUT2D eigenvalue weighted by molar-refractivity contribution is 6.20. The van der Waals surface area contributed by atoms with Crippen LogP contribution in [0.4, 0.5) is 0 Å². The molecule has 0 aliphatic heterocycles. The van der Waals surface area contributed by atoms with Gasteiger partial charge >= 0.3 is 5.97 Å². The number of ether oxygens (including phenoxy) is 2. The molecule has 0 saturated carbocycles. The van der Waals surface area contributed by atoms with E-state index in [2.05, 4.69) is 0 Å². The smallest absolute Gasteiger partial charge is 0.336 e. The van der Waals surface area contributed by atoms with Gasteiger partial charge in [-0.15, -0.1) is 0 Å². The number of phenols is 1. The molecule has 0 aromatic heterocycles. The summed E-state index contributed by atoms with van der Waals surface area (Å²) in [7, 11) is 0. The quantitative estimate of drug-likeness (QED) is 0.597. The average molecular weight is 328 g/mol. The van der Waals surface area contributed by atoms with Crippen LogP contribution >= 0.6 is 0 Å². The number of hydrogen-bond acceptors (Lipinski definition) is 4. The van der Waals surface area contributed by atoms with Gasteiger partial charge in [-0.25, -0.2) is 4.79 Å².